The van der Waals surface area contributed by atoms with Crippen LogP contribution in [0.15, 0.2) is 34.4 Å². The molecule has 1 saturated heterocycles. The summed E-state index contributed by atoms with van der Waals surface area (Å²) in [5.74, 6) is 0.255. The molecule has 0 bridgehead atoms. The average molecular weight is 665 g/mol. The van der Waals surface area contributed by atoms with Crippen molar-refractivity contribution < 1.29 is 19.4 Å². The Labute approximate surface area is 278 Å². The van der Waals surface area contributed by atoms with Crippen molar-refractivity contribution in [2.24, 2.45) is 5.41 Å². The highest BCUT2D eigenvalue weighted by Gasteiger charge is 2.44. The van der Waals surface area contributed by atoms with Crippen LogP contribution in [0.4, 0.5) is 0 Å². The zero-order valence-electron chi connectivity index (χ0n) is 27.3. The minimum absolute atomic E-state index is 0.00523. The number of rotatable bonds is 8. The van der Waals surface area contributed by atoms with Gasteiger partial charge in [-0.3, -0.25) is 19.2 Å². The zero-order chi connectivity index (χ0) is 33.0. The highest BCUT2D eigenvalue weighted by Crippen LogP contribution is 2.41. The fourth-order valence-corrected chi connectivity index (χ4v) is 8.52. The van der Waals surface area contributed by atoms with E-state index in [1.165, 1.54) is 11.3 Å². The summed E-state index contributed by atoms with van der Waals surface area (Å²) in [5, 5.41) is 11.8. The Morgan fingerprint density at radius 3 is 2.67 bits per heavy atom. The van der Waals surface area contributed by atoms with Gasteiger partial charge in [0, 0.05) is 63.9 Å². The quantitative estimate of drug-likeness (QED) is 0.226. The second kappa shape index (κ2) is 12.4. The molecular formula is C35H41ClN4O5S. The number of carbonyl (C=O) groups is 1. The summed E-state index contributed by atoms with van der Waals surface area (Å²) in [6.07, 6.45) is 3.62. The first-order chi connectivity index (χ1) is 21.8. The summed E-state index contributed by atoms with van der Waals surface area (Å²) >= 11 is 7.77. The van der Waals surface area contributed by atoms with Gasteiger partial charge in [0.25, 0.3) is 5.56 Å². The summed E-state index contributed by atoms with van der Waals surface area (Å²) in [5.41, 5.74) is 4.48. The smallest absolute Gasteiger partial charge is 0.338 e. The van der Waals surface area contributed by atoms with Crippen LogP contribution in [0, 0.1) is 19.3 Å². The minimum Gasteiger partial charge on any atom is -0.491 e. The van der Waals surface area contributed by atoms with Crippen molar-refractivity contribution in [2.75, 3.05) is 26.8 Å². The van der Waals surface area contributed by atoms with Gasteiger partial charge in [0.2, 0.25) is 0 Å². The second-order valence-corrected chi connectivity index (χ2v) is 14.9. The summed E-state index contributed by atoms with van der Waals surface area (Å²) in [7, 11) is 1.80. The number of carboxylic acid groups (broad SMARTS) is 1. The third-order valence-corrected chi connectivity index (χ3v) is 11.1. The van der Waals surface area contributed by atoms with Crippen LogP contribution >= 0.6 is 22.9 Å². The molecule has 0 amide bonds. The lowest BCUT2D eigenvalue weighted by Gasteiger charge is -2.52. The molecule has 1 N–H and O–H groups in total. The number of benzene rings is 1. The molecular weight excluding hydrogens is 624 g/mol. The molecule has 0 spiro atoms. The van der Waals surface area contributed by atoms with E-state index in [2.05, 4.69) is 30.7 Å². The SMILES string of the molecule is CO[C@H]1CCN([C@]2(C)CCc3nc(C)n(CCOc4ccc(Cl)cc4-c4cc(C)nc5c(C(=O)O)csc45)c(=O)c3C2)CC1(C)C. The van der Waals surface area contributed by atoms with Gasteiger partial charge in [0.15, 0.2) is 0 Å². The van der Waals surface area contributed by atoms with E-state index in [1.54, 1.807) is 23.1 Å². The van der Waals surface area contributed by atoms with Crippen molar-refractivity contribution >= 4 is 39.1 Å². The highest BCUT2D eigenvalue weighted by molar-refractivity contribution is 7.18. The number of carboxylic acids is 1. The number of nitrogens with zero attached hydrogens (tertiary/aromatic N) is 4. The molecule has 1 aliphatic carbocycles. The van der Waals surface area contributed by atoms with Crippen LogP contribution in [0.1, 0.15) is 66.7 Å². The zero-order valence-corrected chi connectivity index (χ0v) is 28.8. The number of thiophene rings is 1. The first kappa shape index (κ1) is 32.6. The highest BCUT2D eigenvalue weighted by atomic mass is 35.5. The van der Waals surface area contributed by atoms with Gasteiger partial charge < -0.3 is 14.6 Å². The third-order valence-electron chi connectivity index (χ3n) is 9.86. The van der Waals surface area contributed by atoms with E-state index >= 15 is 0 Å². The van der Waals surface area contributed by atoms with Crippen molar-refractivity contribution in [3.63, 3.8) is 0 Å². The molecule has 9 nitrogen and oxygen atoms in total. The molecule has 3 aromatic heterocycles. The average Bonchev–Trinajstić information content (AvgIpc) is 3.43. The van der Waals surface area contributed by atoms with E-state index in [-0.39, 0.29) is 34.8 Å². The van der Waals surface area contributed by atoms with Gasteiger partial charge in [-0.15, -0.1) is 11.3 Å². The summed E-state index contributed by atoms with van der Waals surface area (Å²) in [4.78, 5) is 37.8. The van der Waals surface area contributed by atoms with Gasteiger partial charge in [-0.2, -0.15) is 0 Å². The number of hydrogen-bond acceptors (Lipinski definition) is 8. The van der Waals surface area contributed by atoms with Gasteiger partial charge >= 0.3 is 5.97 Å². The van der Waals surface area contributed by atoms with Gasteiger partial charge in [0.1, 0.15) is 18.2 Å². The predicted octanol–water partition coefficient (Wildman–Crippen LogP) is 6.56. The molecule has 2 atom stereocenters. The van der Waals surface area contributed by atoms with E-state index in [1.807, 2.05) is 32.0 Å². The maximum Gasteiger partial charge on any atom is 0.338 e. The maximum atomic E-state index is 14.0. The molecule has 0 radical (unpaired) electrons. The third kappa shape index (κ3) is 5.96. The van der Waals surface area contributed by atoms with Crippen LogP contribution in [0.5, 0.6) is 5.75 Å². The lowest BCUT2D eigenvalue weighted by Crippen LogP contribution is -2.59. The molecule has 1 aliphatic heterocycles. The Hall–Kier alpha value is -3.31. The molecule has 46 heavy (non-hydrogen) atoms. The number of methoxy groups -OCH3 is 1. The van der Waals surface area contributed by atoms with Gasteiger partial charge in [-0.1, -0.05) is 25.4 Å². The van der Waals surface area contributed by atoms with Crippen LogP contribution in [-0.4, -0.2) is 69.0 Å². The van der Waals surface area contributed by atoms with Crippen molar-refractivity contribution in [1.29, 1.82) is 0 Å². The number of aromatic nitrogens is 3. The number of ether oxygens (including phenoxy) is 2. The van der Waals surface area contributed by atoms with Gasteiger partial charge in [-0.25, -0.2) is 9.78 Å². The monoisotopic (exact) mass is 664 g/mol. The first-order valence-corrected chi connectivity index (χ1v) is 17.0. The molecule has 11 heteroatoms. The Bertz CT molecular complexity index is 1890. The van der Waals surface area contributed by atoms with E-state index in [0.717, 1.165) is 59.4 Å². The van der Waals surface area contributed by atoms with Crippen LogP contribution in [0.2, 0.25) is 5.02 Å². The number of aryl methyl sites for hydroxylation is 3. The van der Waals surface area contributed by atoms with Crippen LogP contribution in [0.3, 0.4) is 0 Å². The van der Waals surface area contributed by atoms with E-state index in [4.69, 9.17) is 26.1 Å². The van der Waals surface area contributed by atoms with Crippen molar-refractivity contribution in [1.82, 2.24) is 19.4 Å². The molecule has 4 aromatic rings. The van der Waals surface area contributed by atoms with Crippen molar-refractivity contribution in [2.45, 2.75) is 78.5 Å². The summed E-state index contributed by atoms with van der Waals surface area (Å²) in [6.45, 7) is 13.0. The first-order valence-electron chi connectivity index (χ1n) is 15.7. The molecule has 0 saturated carbocycles. The molecule has 1 fully saturated rings. The number of halogens is 1. The molecule has 244 valence electrons. The summed E-state index contributed by atoms with van der Waals surface area (Å²) < 4.78 is 14.6. The molecule has 0 unspecified atom stereocenters. The largest absolute Gasteiger partial charge is 0.491 e. The molecule has 4 heterocycles. The summed E-state index contributed by atoms with van der Waals surface area (Å²) in [6, 6.07) is 7.31. The van der Waals surface area contributed by atoms with Gasteiger partial charge in [-0.05, 0) is 70.7 Å². The standard InChI is InChI=1S/C35H41ClN4O5S/c1-20-15-24(31-30(37-20)26(18-46-31)33(42)43)23-16-22(36)7-8-28(23)45-14-13-40-21(2)38-27-9-11-35(5,17-25(27)32(40)41)39-12-10-29(44-6)34(3,4)19-39/h7-8,15-16,18,29H,9-14,17,19H2,1-6H3,(H,42,43)/t29-,35+/m0/s1. The number of hydrogen-bond donors (Lipinski definition) is 1. The lowest BCUT2D eigenvalue weighted by molar-refractivity contribution is -0.0814. The molecule has 6 rings (SSSR count). The topological polar surface area (TPSA) is 107 Å². The Balaban J connectivity index is 1.25. The Morgan fingerprint density at radius 2 is 1.96 bits per heavy atom. The van der Waals surface area contributed by atoms with Crippen molar-refractivity contribution in [3.8, 4) is 16.9 Å². The minimum atomic E-state index is -1.02. The lowest BCUT2D eigenvalue weighted by atomic mass is 9.75. The van der Waals surface area contributed by atoms with Crippen LogP contribution in [0.25, 0.3) is 21.3 Å². The van der Waals surface area contributed by atoms with E-state index in [9.17, 15) is 14.7 Å². The normalized spacial score (nSPS) is 21.3. The predicted molar refractivity (Wildman–Crippen MR) is 182 cm³/mol. The van der Waals surface area contributed by atoms with E-state index in [0.29, 0.717) is 40.8 Å². The fraction of sp³-hybridized carbons (Fsp3) is 0.486. The molecule has 2 aliphatic rings. The number of fused-ring (bicyclic) bond motifs is 2. The van der Waals surface area contributed by atoms with E-state index < -0.39 is 5.97 Å². The number of likely N-dealkylation sites (tertiary alicyclic amines) is 1. The number of aromatic carboxylic acids is 1. The Morgan fingerprint density at radius 1 is 1.17 bits per heavy atom. The number of pyridine rings is 1. The molecule has 1 aromatic carbocycles. The number of piperidine rings is 1. The maximum absolute atomic E-state index is 14.0. The van der Waals surface area contributed by atoms with Gasteiger partial charge in [0.05, 0.1) is 34.1 Å². The van der Waals surface area contributed by atoms with Crippen LogP contribution in [-0.2, 0) is 24.1 Å². The van der Waals surface area contributed by atoms with Crippen LogP contribution < -0.4 is 10.3 Å². The Kier molecular flexibility index (Phi) is 8.78. The fourth-order valence-electron chi connectivity index (χ4n) is 7.34. The van der Waals surface area contributed by atoms with Crippen molar-refractivity contribution in [3.05, 3.63) is 73.4 Å². The second-order valence-electron chi connectivity index (χ2n) is 13.6.